The second-order valence-corrected chi connectivity index (χ2v) is 6.96. The molecule has 0 saturated heterocycles. The Hall–Kier alpha value is -0.620. The molecule has 0 amide bonds. The fourth-order valence-corrected chi connectivity index (χ4v) is 3.51. The van der Waals surface area contributed by atoms with E-state index in [0.717, 1.165) is 29.4 Å². The molecule has 19 heavy (non-hydrogen) atoms. The van der Waals surface area contributed by atoms with Gasteiger partial charge in [0.2, 0.25) is 5.16 Å². The fourth-order valence-electron chi connectivity index (χ4n) is 2.70. The van der Waals surface area contributed by atoms with Crippen molar-refractivity contribution in [1.29, 1.82) is 0 Å². The normalized spacial score (nSPS) is 27.6. The van der Waals surface area contributed by atoms with Crippen molar-refractivity contribution in [2.75, 3.05) is 12.3 Å². The first-order chi connectivity index (χ1) is 9.33. The molecule has 1 heterocycles. The molecule has 0 aliphatic heterocycles. The van der Waals surface area contributed by atoms with Gasteiger partial charge in [-0.25, -0.2) is 4.68 Å². The first-order valence-electron chi connectivity index (χ1n) is 7.47. The molecule has 0 spiro atoms. The molecule has 1 N–H and O–H groups in total. The van der Waals surface area contributed by atoms with Crippen LogP contribution < -0.4 is 5.32 Å². The zero-order valence-electron chi connectivity index (χ0n) is 11.6. The van der Waals surface area contributed by atoms with Crippen molar-refractivity contribution in [3.8, 4) is 0 Å². The molecule has 0 radical (unpaired) electrons. The van der Waals surface area contributed by atoms with E-state index in [1.165, 1.54) is 38.5 Å². The van der Waals surface area contributed by atoms with Gasteiger partial charge in [-0.3, -0.25) is 0 Å². The van der Waals surface area contributed by atoms with Gasteiger partial charge >= 0.3 is 0 Å². The maximum Gasteiger partial charge on any atom is 0.209 e. The zero-order valence-corrected chi connectivity index (χ0v) is 12.4. The average molecular weight is 281 g/mol. The van der Waals surface area contributed by atoms with Crippen LogP contribution >= 0.6 is 11.8 Å². The van der Waals surface area contributed by atoms with Crippen LogP contribution in [-0.2, 0) is 0 Å². The summed E-state index contributed by atoms with van der Waals surface area (Å²) in [6.45, 7) is 3.42. The van der Waals surface area contributed by atoms with Gasteiger partial charge in [0.05, 0.1) is 6.04 Å². The minimum Gasteiger partial charge on any atom is -0.313 e. The van der Waals surface area contributed by atoms with Gasteiger partial charge in [-0.05, 0) is 54.9 Å². The summed E-state index contributed by atoms with van der Waals surface area (Å²) in [7, 11) is 0. The maximum atomic E-state index is 4.11. The molecule has 5 nitrogen and oxygen atoms in total. The van der Waals surface area contributed by atoms with Crippen LogP contribution in [0.15, 0.2) is 5.16 Å². The lowest BCUT2D eigenvalue weighted by Crippen LogP contribution is -2.34. The molecule has 0 atom stereocenters. The summed E-state index contributed by atoms with van der Waals surface area (Å²) in [5.74, 6) is 1.98. The Morgan fingerprint density at radius 2 is 2.00 bits per heavy atom. The summed E-state index contributed by atoms with van der Waals surface area (Å²) in [5.41, 5.74) is 0. The molecule has 2 aliphatic carbocycles. The second kappa shape index (κ2) is 6.22. The third-order valence-electron chi connectivity index (χ3n) is 4.14. The number of tetrazole rings is 1. The van der Waals surface area contributed by atoms with Crippen molar-refractivity contribution in [2.45, 2.75) is 62.7 Å². The maximum absolute atomic E-state index is 4.11. The molecule has 2 saturated carbocycles. The summed E-state index contributed by atoms with van der Waals surface area (Å²) in [4.78, 5) is 0. The van der Waals surface area contributed by atoms with Crippen LogP contribution in [0, 0.1) is 5.92 Å². The lowest BCUT2D eigenvalue weighted by Gasteiger charge is -2.26. The molecular weight excluding hydrogens is 258 g/mol. The van der Waals surface area contributed by atoms with E-state index in [0.29, 0.717) is 6.04 Å². The highest BCUT2D eigenvalue weighted by atomic mass is 32.2. The Balaban J connectivity index is 1.35. The van der Waals surface area contributed by atoms with Crippen molar-refractivity contribution in [3.05, 3.63) is 0 Å². The predicted octanol–water partition coefficient (Wildman–Crippen LogP) is 2.27. The van der Waals surface area contributed by atoms with Crippen molar-refractivity contribution < 1.29 is 0 Å². The van der Waals surface area contributed by atoms with Gasteiger partial charge in [0.25, 0.3) is 0 Å². The lowest BCUT2D eigenvalue weighted by molar-refractivity contribution is 0.312. The molecular formula is C13H23N5S. The SMILES string of the molecule is CC1CCC(NCCSc2nnnn2C2CC2)CC1. The number of nitrogens with zero attached hydrogens (tertiary/aromatic N) is 4. The van der Waals surface area contributed by atoms with Crippen LogP contribution in [0.2, 0.25) is 0 Å². The van der Waals surface area contributed by atoms with Crippen LogP contribution in [0.5, 0.6) is 0 Å². The molecule has 2 aliphatic rings. The van der Waals surface area contributed by atoms with Crippen LogP contribution in [0.3, 0.4) is 0 Å². The monoisotopic (exact) mass is 281 g/mol. The number of thioether (sulfide) groups is 1. The standard InChI is InChI=1S/C13H23N5S/c1-10-2-4-11(5-3-10)14-8-9-19-13-15-16-17-18(13)12-6-7-12/h10-12,14H,2-9H2,1H3. The summed E-state index contributed by atoms with van der Waals surface area (Å²) >= 11 is 1.78. The number of hydrogen-bond donors (Lipinski definition) is 1. The minimum absolute atomic E-state index is 0.574. The molecule has 0 unspecified atom stereocenters. The van der Waals surface area contributed by atoms with E-state index in [9.17, 15) is 0 Å². The first-order valence-corrected chi connectivity index (χ1v) is 8.45. The second-order valence-electron chi connectivity index (χ2n) is 5.90. The smallest absolute Gasteiger partial charge is 0.209 e. The zero-order chi connectivity index (χ0) is 13.1. The van der Waals surface area contributed by atoms with Crippen molar-refractivity contribution in [2.24, 2.45) is 5.92 Å². The Labute approximate surface area is 118 Å². The number of hydrogen-bond acceptors (Lipinski definition) is 5. The number of nitrogens with one attached hydrogen (secondary N) is 1. The van der Waals surface area contributed by atoms with E-state index in [2.05, 4.69) is 27.8 Å². The largest absolute Gasteiger partial charge is 0.313 e. The molecule has 106 valence electrons. The Morgan fingerprint density at radius 1 is 1.21 bits per heavy atom. The van der Waals surface area contributed by atoms with Crippen LogP contribution in [0.25, 0.3) is 0 Å². The van der Waals surface area contributed by atoms with Gasteiger partial charge < -0.3 is 5.32 Å². The fraction of sp³-hybridized carbons (Fsp3) is 0.923. The molecule has 0 bridgehead atoms. The molecule has 2 fully saturated rings. The lowest BCUT2D eigenvalue weighted by atomic mass is 9.87. The Kier molecular flexibility index (Phi) is 4.38. The third kappa shape index (κ3) is 3.69. The van der Waals surface area contributed by atoms with E-state index in [1.807, 2.05) is 4.68 Å². The van der Waals surface area contributed by atoms with Gasteiger partial charge in [-0.1, -0.05) is 18.7 Å². The highest BCUT2D eigenvalue weighted by molar-refractivity contribution is 7.99. The first kappa shape index (κ1) is 13.4. The van der Waals surface area contributed by atoms with E-state index in [-0.39, 0.29) is 0 Å². The quantitative estimate of drug-likeness (QED) is 0.640. The Morgan fingerprint density at radius 3 is 2.74 bits per heavy atom. The number of aromatic nitrogens is 4. The summed E-state index contributed by atoms with van der Waals surface area (Å²) in [6, 6.07) is 1.31. The molecule has 1 aromatic heterocycles. The average Bonchev–Trinajstić information content (AvgIpc) is 3.16. The molecule has 0 aromatic carbocycles. The van der Waals surface area contributed by atoms with Crippen LogP contribution in [-0.4, -0.2) is 38.5 Å². The van der Waals surface area contributed by atoms with E-state index < -0.39 is 0 Å². The predicted molar refractivity (Wildman–Crippen MR) is 76.2 cm³/mol. The van der Waals surface area contributed by atoms with E-state index in [4.69, 9.17) is 0 Å². The van der Waals surface area contributed by atoms with Crippen LogP contribution in [0.1, 0.15) is 51.5 Å². The third-order valence-corrected chi connectivity index (χ3v) is 5.07. The highest BCUT2D eigenvalue weighted by Crippen LogP contribution is 2.36. The highest BCUT2D eigenvalue weighted by Gasteiger charge is 2.27. The molecule has 6 heteroatoms. The van der Waals surface area contributed by atoms with E-state index in [1.54, 1.807) is 11.8 Å². The summed E-state index contributed by atoms with van der Waals surface area (Å²) < 4.78 is 1.99. The topological polar surface area (TPSA) is 55.6 Å². The van der Waals surface area contributed by atoms with Gasteiger partial charge in [-0.15, -0.1) is 5.10 Å². The Bertz CT molecular complexity index is 395. The minimum atomic E-state index is 0.574. The van der Waals surface area contributed by atoms with Crippen LogP contribution in [0.4, 0.5) is 0 Å². The molecule has 1 aromatic rings. The van der Waals surface area contributed by atoms with Gasteiger partial charge in [0, 0.05) is 18.3 Å². The number of rotatable bonds is 6. The van der Waals surface area contributed by atoms with Gasteiger partial charge in [0.1, 0.15) is 0 Å². The van der Waals surface area contributed by atoms with E-state index >= 15 is 0 Å². The summed E-state index contributed by atoms with van der Waals surface area (Å²) in [6.07, 6.45) is 7.90. The molecule has 3 rings (SSSR count). The van der Waals surface area contributed by atoms with Gasteiger partial charge in [0.15, 0.2) is 0 Å². The van der Waals surface area contributed by atoms with Crippen molar-refractivity contribution in [3.63, 3.8) is 0 Å². The summed E-state index contributed by atoms with van der Waals surface area (Å²) in [5, 5.41) is 16.6. The van der Waals surface area contributed by atoms with Gasteiger partial charge in [-0.2, -0.15) is 0 Å². The van der Waals surface area contributed by atoms with Crippen molar-refractivity contribution >= 4 is 11.8 Å². The van der Waals surface area contributed by atoms with Crippen molar-refractivity contribution in [1.82, 2.24) is 25.5 Å².